The monoisotopic (exact) mass is 508 g/mol. The summed E-state index contributed by atoms with van der Waals surface area (Å²) in [6, 6.07) is 25.0. The van der Waals surface area contributed by atoms with Crippen LogP contribution in [0.25, 0.3) is 11.1 Å². The largest absolute Gasteiger partial charge is 0.385 e. The minimum Gasteiger partial charge on any atom is -0.385 e. The zero-order chi connectivity index (χ0) is 24.9. The van der Waals surface area contributed by atoms with Gasteiger partial charge in [-0.2, -0.15) is 0 Å². The van der Waals surface area contributed by atoms with E-state index in [1.165, 1.54) is 33.6 Å². The Morgan fingerprint density at radius 3 is 2.46 bits per heavy atom. The van der Waals surface area contributed by atoms with Crippen molar-refractivity contribution in [1.82, 2.24) is 0 Å². The maximum Gasteiger partial charge on any atom is 0.232 e. The van der Waals surface area contributed by atoms with Crippen molar-refractivity contribution >= 4 is 29.3 Å². The van der Waals surface area contributed by atoms with E-state index in [0.717, 1.165) is 23.5 Å². The number of aryl methyl sites for hydroxylation is 1. The van der Waals surface area contributed by atoms with E-state index in [2.05, 4.69) is 60.8 Å². The summed E-state index contributed by atoms with van der Waals surface area (Å²) in [6.07, 6.45) is -1.22. The summed E-state index contributed by atoms with van der Waals surface area (Å²) in [6.45, 7) is 5.46. The highest BCUT2D eigenvalue weighted by molar-refractivity contribution is 8.58. The lowest BCUT2D eigenvalue weighted by Gasteiger charge is -2.38. The molecule has 1 unspecified atom stereocenters. The average molecular weight is 509 g/mol. The number of ether oxygens (including phenoxy) is 1. The standard InChI is InChI=1S/C28H33N2O3PS/c1-21-6-3-4-9-26(21)23-8-5-7-22(20-23)14-17-30-24-10-12-25(13-11-24)35-34(2,32)28(27(29)31)15-18-33-19-16-28/h3-13,20,30H,14-19H2,1-2H3,(H2,29,31). The van der Waals surface area contributed by atoms with Gasteiger partial charge in [-0.15, -0.1) is 0 Å². The lowest BCUT2D eigenvalue weighted by molar-refractivity contribution is -0.122. The van der Waals surface area contributed by atoms with E-state index < -0.39 is 17.4 Å². The minimum atomic E-state index is -2.95. The highest BCUT2D eigenvalue weighted by Crippen LogP contribution is 2.70. The van der Waals surface area contributed by atoms with Crippen molar-refractivity contribution < 1.29 is 14.1 Å². The zero-order valence-electron chi connectivity index (χ0n) is 20.3. The Bertz CT molecular complexity index is 1220. The van der Waals surface area contributed by atoms with E-state index >= 15 is 0 Å². The fraction of sp³-hybridized carbons (Fsp3) is 0.321. The molecule has 5 nitrogen and oxygen atoms in total. The lowest BCUT2D eigenvalue weighted by atomic mass is 9.98. The molecule has 0 spiro atoms. The molecule has 1 heterocycles. The van der Waals surface area contributed by atoms with Gasteiger partial charge >= 0.3 is 0 Å². The first-order valence-electron chi connectivity index (χ1n) is 11.9. The maximum atomic E-state index is 13.7. The normalized spacial score (nSPS) is 16.9. The van der Waals surface area contributed by atoms with Crippen LogP contribution in [-0.2, 0) is 20.5 Å². The van der Waals surface area contributed by atoms with Crippen LogP contribution in [-0.4, -0.2) is 37.5 Å². The molecular weight excluding hydrogens is 475 g/mol. The molecule has 4 rings (SSSR count). The molecule has 0 radical (unpaired) electrons. The SMILES string of the molecule is Cc1ccccc1-c1cccc(CCNc2ccc(SP(C)(=O)C3(C(N)=O)CCOCC3)cc2)c1. The smallest absolute Gasteiger partial charge is 0.232 e. The summed E-state index contributed by atoms with van der Waals surface area (Å²) < 4.78 is 19.1. The summed E-state index contributed by atoms with van der Waals surface area (Å²) >= 11 is 1.28. The van der Waals surface area contributed by atoms with Crippen LogP contribution in [0.2, 0.25) is 0 Å². The number of primary amides is 1. The van der Waals surface area contributed by atoms with E-state index in [1.807, 2.05) is 24.3 Å². The van der Waals surface area contributed by atoms with Crippen LogP contribution < -0.4 is 11.1 Å². The first-order valence-corrected chi connectivity index (χ1v) is 15.5. The maximum absolute atomic E-state index is 13.7. The van der Waals surface area contributed by atoms with E-state index in [1.54, 1.807) is 6.66 Å². The van der Waals surface area contributed by atoms with Gasteiger partial charge in [0.25, 0.3) is 0 Å². The third kappa shape index (κ3) is 5.83. The Labute approximate surface area is 212 Å². The van der Waals surface area contributed by atoms with Gasteiger partial charge in [-0.05, 0) is 79.4 Å². The first kappa shape index (κ1) is 25.6. The first-order chi connectivity index (χ1) is 16.8. The number of anilines is 1. The highest BCUT2D eigenvalue weighted by atomic mass is 32.7. The predicted octanol–water partition coefficient (Wildman–Crippen LogP) is 6.35. The van der Waals surface area contributed by atoms with Crippen molar-refractivity contribution in [2.45, 2.75) is 36.2 Å². The molecule has 1 amide bonds. The highest BCUT2D eigenvalue weighted by Gasteiger charge is 2.51. The number of hydrogen-bond donors (Lipinski definition) is 2. The molecular formula is C28H33N2O3PS. The molecule has 3 N–H and O–H groups in total. The third-order valence-corrected chi connectivity index (χ3v) is 12.6. The van der Waals surface area contributed by atoms with Gasteiger partial charge in [-0.3, -0.25) is 4.79 Å². The number of nitrogens with two attached hydrogens (primary N) is 1. The molecule has 3 aromatic carbocycles. The molecule has 1 aliphatic rings. The topological polar surface area (TPSA) is 81.4 Å². The molecule has 0 saturated carbocycles. The van der Waals surface area contributed by atoms with Crippen LogP contribution >= 0.6 is 17.7 Å². The van der Waals surface area contributed by atoms with Crippen molar-refractivity contribution in [1.29, 1.82) is 0 Å². The molecule has 35 heavy (non-hydrogen) atoms. The van der Waals surface area contributed by atoms with Crippen LogP contribution in [0.15, 0.2) is 77.7 Å². The van der Waals surface area contributed by atoms with Gasteiger partial charge in [-0.1, -0.05) is 59.9 Å². The van der Waals surface area contributed by atoms with E-state index in [0.29, 0.717) is 26.1 Å². The Kier molecular flexibility index (Phi) is 8.05. The summed E-state index contributed by atoms with van der Waals surface area (Å²) in [4.78, 5) is 13.2. The van der Waals surface area contributed by atoms with Crippen LogP contribution in [0.3, 0.4) is 0 Å². The summed E-state index contributed by atoms with van der Waals surface area (Å²) in [5, 5.41) is 2.47. The van der Waals surface area contributed by atoms with Gasteiger partial charge < -0.3 is 20.4 Å². The fourth-order valence-electron chi connectivity index (χ4n) is 4.63. The van der Waals surface area contributed by atoms with Crippen LogP contribution in [0, 0.1) is 6.92 Å². The molecule has 0 aliphatic carbocycles. The fourth-order valence-corrected chi connectivity index (χ4v) is 9.77. The molecule has 0 bridgehead atoms. The minimum absolute atomic E-state index is 0.411. The quantitative estimate of drug-likeness (QED) is 0.329. The van der Waals surface area contributed by atoms with Gasteiger partial charge in [-0.25, -0.2) is 0 Å². The van der Waals surface area contributed by atoms with Crippen molar-refractivity contribution in [3.63, 3.8) is 0 Å². The van der Waals surface area contributed by atoms with Gasteiger partial charge in [0.05, 0.1) is 0 Å². The van der Waals surface area contributed by atoms with E-state index in [9.17, 15) is 9.36 Å². The second kappa shape index (κ2) is 11.0. The molecule has 184 valence electrons. The molecule has 1 atom stereocenters. The molecule has 7 heteroatoms. The van der Waals surface area contributed by atoms with Crippen molar-refractivity contribution in [2.75, 3.05) is 31.7 Å². The Balaban J connectivity index is 1.36. The number of nitrogens with one attached hydrogen (secondary N) is 1. The van der Waals surface area contributed by atoms with Gasteiger partial charge in [0.2, 0.25) is 5.91 Å². The number of carbonyl (C=O) groups excluding carboxylic acids is 1. The average Bonchev–Trinajstić information content (AvgIpc) is 2.86. The molecule has 1 saturated heterocycles. The van der Waals surface area contributed by atoms with E-state index in [-0.39, 0.29) is 0 Å². The van der Waals surface area contributed by atoms with Crippen LogP contribution in [0.5, 0.6) is 0 Å². The van der Waals surface area contributed by atoms with Crippen molar-refractivity contribution in [3.05, 3.63) is 83.9 Å². The second-order valence-corrected chi connectivity index (χ2v) is 15.0. The summed E-state index contributed by atoms with van der Waals surface area (Å²) in [7, 11) is 0. The molecule has 1 fully saturated rings. The Hall–Kier alpha value is -2.53. The summed E-state index contributed by atoms with van der Waals surface area (Å²) in [5.41, 5.74) is 11.8. The Morgan fingerprint density at radius 1 is 1.06 bits per heavy atom. The second-order valence-electron chi connectivity index (χ2n) is 9.16. The predicted molar refractivity (Wildman–Crippen MR) is 147 cm³/mol. The van der Waals surface area contributed by atoms with E-state index in [4.69, 9.17) is 10.5 Å². The van der Waals surface area contributed by atoms with Gasteiger partial charge in [0, 0.05) is 30.3 Å². The number of carbonyl (C=O) groups is 1. The van der Waals surface area contributed by atoms with Crippen LogP contribution in [0.4, 0.5) is 5.69 Å². The Morgan fingerprint density at radius 2 is 1.77 bits per heavy atom. The van der Waals surface area contributed by atoms with Gasteiger partial charge in [0.15, 0.2) is 6.34 Å². The molecule has 1 aliphatic heterocycles. The van der Waals surface area contributed by atoms with Crippen molar-refractivity contribution in [2.24, 2.45) is 5.73 Å². The van der Waals surface area contributed by atoms with Crippen molar-refractivity contribution in [3.8, 4) is 11.1 Å². The zero-order valence-corrected chi connectivity index (χ0v) is 22.0. The lowest BCUT2D eigenvalue weighted by Crippen LogP contribution is -2.47. The van der Waals surface area contributed by atoms with Gasteiger partial charge in [0.1, 0.15) is 5.16 Å². The summed E-state index contributed by atoms with van der Waals surface area (Å²) in [5.74, 6) is -0.482. The number of amides is 1. The third-order valence-electron chi connectivity index (χ3n) is 6.82. The number of hydrogen-bond acceptors (Lipinski definition) is 5. The van der Waals surface area contributed by atoms with Crippen LogP contribution in [0.1, 0.15) is 24.0 Å². The number of benzene rings is 3. The molecule has 0 aromatic heterocycles. The molecule has 3 aromatic rings. The number of rotatable bonds is 9.